The van der Waals surface area contributed by atoms with E-state index in [9.17, 15) is 4.79 Å². The Morgan fingerprint density at radius 2 is 2.08 bits per heavy atom. The maximum absolute atomic E-state index is 12.7. The third kappa shape index (κ3) is 2.95. The first kappa shape index (κ1) is 16.7. The van der Waals surface area contributed by atoms with Gasteiger partial charge >= 0.3 is 0 Å². The molecule has 0 radical (unpaired) electrons. The lowest BCUT2D eigenvalue weighted by Crippen LogP contribution is -2.34. The lowest BCUT2D eigenvalue weighted by molar-refractivity contribution is 0.0937. The Balaban J connectivity index is 1.71. The second-order valence-corrected chi connectivity index (χ2v) is 7.29. The summed E-state index contributed by atoms with van der Waals surface area (Å²) in [7, 11) is 0. The van der Waals surface area contributed by atoms with Gasteiger partial charge in [-0.2, -0.15) is 10.1 Å². The number of hydrogen-bond donors (Lipinski definition) is 1. The van der Waals surface area contributed by atoms with Crippen molar-refractivity contribution in [3.8, 4) is 11.5 Å². The van der Waals surface area contributed by atoms with Crippen LogP contribution in [0.2, 0.25) is 0 Å². The van der Waals surface area contributed by atoms with Crippen molar-refractivity contribution >= 4 is 11.6 Å². The van der Waals surface area contributed by atoms with E-state index in [1.165, 1.54) is 12.8 Å². The molecule has 8 heteroatoms. The fraction of sp³-hybridized carbons (Fsp3) is 0.500. The van der Waals surface area contributed by atoms with Crippen LogP contribution in [0, 0.1) is 12.8 Å². The molecule has 0 spiro atoms. The number of nitrogens with zero attached hydrogens (tertiary/aromatic N) is 5. The summed E-state index contributed by atoms with van der Waals surface area (Å²) < 4.78 is 6.93. The predicted octanol–water partition coefficient (Wildman–Crippen LogP) is 2.74. The molecule has 26 heavy (non-hydrogen) atoms. The van der Waals surface area contributed by atoms with Gasteiger partial charge < -0.3 is 9.84 Å². The minimum atomic E-state index is -0.153. The van der Waals surface area contributed by atoms with Crippen molar-refractivity contribution in [3.05, 3.63) is 29.4 Å². The van der Waals surface area contributed by atoms with Gasteiger partial charge in [0.05, 0.1) is 6.20 Å². The van der Waals surface area contributed by atoms with E-state index in [2.05, 4.69) is 25.5 Å². The van der Waals surface area contributed by atoms with Crippen LogP contribution in [0.1, 0.15) is 61.5 Å². The summed E-state index contributed by atoms with van der Waals surface area (Å²) in [4.78, 5) is 21.6. The van der Waals surface area contributed by atoms with Crippen LogP contribution in [0.4, 0.5) is 0 Å². The second kappa shape index (κ2) is 6.19. The summed E-state index contributed by atoms with van der Waals surface area (Å²) in [5.74, 6) is 1.54. The van der Waals surface area contributed by atoms with Crippen LogP contribution in [0.25, 0.3) is 17.2 Å². The van der Waals surface area contributed by atoms with Gasteiger partial charge in [0.15, 0.2) is 5.65 Å². The van der Waals surface area contributed by atoms with E-state index < -0.39 is 0 Å². The molecule has 0 aromatic carbocycles. The quantitative estimate of drug-likeness (QED) is 0.756. The van der Waals surface area contributed by atoms with Crippen LogP contribution in [0.5, 0.6) is 0 Å². The van der Waals surface area contributed by atoms with E-state index in [4.69, 9.17) is 4.52 Å². The van der Waals surface area contributed by atoms with Gasteiger partial charge in [-0.25, -0.2) is 9.50 Å². The second-order valence-electron chi connectivity index (χ2n) is 7.29. The Labute approximate surface area is 151 Å². The molecule has 4 rings (SSSR count). The smallest absolute Gasteiger partial charge is 0.256 e. The van der Waals surface area contributed by atoms with Gasteiger partial charge in [0.25, 0.3) is 5.91 Å². The van der Waals surface area contributed by atoms with Gasteiger partial charge in [-0.15, -0.1) is 0 Å². The molecule has 0 unspecified atom stereocenters. The average molecular weight is 354 g/mol. The molecule has 8 nitrogen and oxygen atoms in total. The van der Waals surface area contributed by atoms with Gasteiger partial charge in [-0.3, -0.25) is 4.79 Å². The molecule has 0 saturated heterocycles. The van der Waals surface area contributed by atoms with Crippen LogP contribution < -0.4 is 5.32 Å². The first-order valence-corrected chi connectivity index (χ1v) is 8.94. The zero-order chi connectivity index (χ0) is 18.4. The Hall–Kier alpha value is -2.77. The topological polar surface area (TPSA) is 98.2 Å². The third-order valence-electron chi connectivity index (χ3n) is 4.75. The summed E-state index contributed by atoms with van der Waals surface area (Å²) >= 11 is 0. The summed E-state index contributed by atoms with van der Waals surface area (Å²) in [6.07, 6.45) is 3.91. The molecule has 3 heterocycles. The van der Waals surface area contributed by atoms with Gasteiger partial charge in [-0.1, -0.05) is 19.0 Å². The third-order valence-corrected chi connectivity index (χ3v) is 4.75. The van der Waals surface area contributed by atoms with Gasteiger partial charge in [-0.05, 0) is 38.7 Å². The number of fused-ring (bicyclic) bond motifs is 1. The van der Waals surface area contributed by atoms with Gasteiger partial charge in [0.1, 0.15) is 11.3 Å². The average Bonchev–Trinajstić information content (AvgIpc) is 3.17. The number of hydrogen-bond acceptors (Lipinski definition) is 6. The zero-order valence-corrected chi connectivity index (χ0v) is 15.4. The number of aromatic nitrogens is 5. The minimum absolute atomic E-state index is 0.140. The highest BCUT2D eigenvalue weighted by Gasteiger charge is 2.30. The predicted molar refractivity (Wildman–Crippen MR) is 94.8 cm³/mol. The molecular weight excluding hydrogens is 332 g/mol. The molecule has 1 aliphatic rings. The van der Waals surface area contributed by atoms with E-state index in [1.807, 2.05) is 33.8 Å². The molecule has 3 aromatic heterocycles. The van der Waals surface area contributed by atoms with Crippen LogP contribution >= 0.6 is 0 Å². The zero-order valence-electron chi connectivity index (χ0n) is 15.4. The van der Waals surface area contributed by atoms with E-state index >= 15 is 0 Å². The molecule has 1 N–H and O–H groups in total. The molecule has 1 saturated carbocycles. The molecule has 136 valence electrons. The van der Waals surface area contributed by atoms with Crippen LogP contribution in [-0.4, -0.2) is 36.7 Å². The molecule has 3 aromatic rings. The Morgan fingerprint density at radius 1 is 1.31 bits per heavy atom. The standard InChI is InChI=1S/C18H22N6O2/c1-9(2)18-22-15(23-26-18)14-7-10(3)24-16(21-14)13(8-19-24)17(25)20-11(4)12-5-6-12/h7-9,11-12H,5-6H2,1-4H3,(H,20,25)/t11-/m0/s1. The number of amides is 1. The van der Waals surface area contributed by atoms with Crippen molar-refractivity contribution in [2.24, 2.45) is 5.92 Å². The Bertz CT molecular complexity index is 969. The number of carbonyl (C=O) groups is 1. The highest BCUT2D eigenvalue weighted by molar-refractivity contribution is 6.00. The summed E-state index contributed by atoms with van der Waals surface area (Å²) in [6, 6.07) is 2.00. The first-order valence-electron chi connectivity index (χ1n) is 8.94. The van der Waals surface area contributed by atoms with Crippen molar-refractivity contribution in [2.45, 2.75) is 52.5 Å². The lowest BCUT2D eigenvalue weighted by atomic mass is 10.2. The fourth-order valence-corrected chi connectivity index (χ4v) is 2.96. The van der Waals surface area contributed by atoms with E-state index in [1.54, 1.807) is 10.7 Å². The molecule has 0 bridgehead atoms. The Kier molecular flexibility index (Phi) is 3.97. The van der Waals surface area contributed by atoms with E-state index in [0.29, 0.717) is 34.5 Å². The fourth-order valence-electron chi connectivity index (χ4n) is 2.96. The molecule has 1 atom stereocenters. The molecule has 0 aliphatic heterocycles. The highest BCUT2D eigenvalue weighted by Crippen LogP contribution is 2.32. The molecule has 1 aliphatic carbocycles. The van der Waals surface area contributed by atoms with Crippen LogP contribution in [0.3, 0.4) is 0 Å². The van der Waals surface area contributed by atoms with Crippen molar-refractivity contribution in [1.82, 2.24) is 30.1 Å². The SMILES string of the molecule is Cc1cc(-c2noc(C(C)C)n2)nc2c(C(=O)N[C@@H](C)C3CC3)cnn12. The van der Waals surface area contributed by atoms with E-state index in [0.717, 1.165) is 5.69 Å². The van der Waals surface area contributed by atoms with Crippen molar-refractivity contribution in [3.63, 3.8) is 0 Å². The monoisotopic (exact) mass is 354 g/mol. The number of carbonyl (C=O) groups excluding carboxylic acids is 1. The van der Waals surface area contributed by atoms with Crippen molar-refractivity contribution in [2.75, 3.05) is 0 Å². The summed E-state index contributed by atoms with van der Waals surface area (Å²) in [6.45, 7) is 7.92. The number of nitrogens with one attached hydrogen (secondary N) is 1. The van der Waals surface area contributed by atoms with Gasteiger partial charge in [0, 0.05) is 17.7 Å². The van der Waals surface area contributed by atoms with E-state index in [-0.39, 0.29) is 17.9 Å². The molecule has 1 fully saturated rings. The van der Waals surface area contributed by atoms with Crippen molar-refractivity contribution < 1.29 is 9.32 Å². The maximum atomic E-state index is 12.7. The summed E-state index contributed by atoms with van der Waals surface area (Å²) in [5, 5.41) is 11.4. The Morgan fingerprint density at radius 3 is 2.73 bits per heavy atom. The van der Waals surface area contributed by atoms with Crippen LogP contribution in [0.15, 0.2) is 16.8 Å². The number of aryl methyl sites for hydroxylation is 1. The van der Waals surface area contributed by atoms with Gasteiger partial charge in [0.2, 0.25) is 11.7 Å². The molecule has 1 amide bonds. The maximum Gasteiger partial charge on any atom is 0.256 e. The lowest BCUT2D eigenvalue weighted by Gasteiger charge is -2.11. The normalized spacial score (nSPS) is 15.6. The highest BCUT2D eigenvalue weighted by atomic mass is 16.5. The molecular formula is C18H22N6O2. The minimum Gasteiger partial charge on any atom is -0.349 e. The largest absolute Gasteiger partial charge is 0.349 e. The van der Waals surface area contributed by atoms with Crippen molar-refractivity contribution in [1.29, 1.82) is 0 Å². The summed E-state index contributed by atoms with van der Waals surface area (Å²) in [5.41, 5.74) is 2.36. The first-order chi connectivity index (χ1) is 12.4. The van der Waals surface area contributed by atoms with Crippen LogP contribution in [-0.2, 0) is 0 Å². The number of rotatable bonds is 5.